The standard InChI is InChI=1S/C21H22N2O4S/c1-14(21(26)27)28-18-6-3-2-5-17(18)20(25)22-13-15-8-10-16(11-9-15)23-12-4-7-19(23)24/h2-3,5-6,8-11,14H,4,7,12-13H2,1H3,(H,22,25)(H,26,27). The number of nitrogens with zero attached hydrogens (tertiary/aromatic N) is 1. The summed E-state index contributed by atoms with van der Waals surface area (Å²) in [4.78, 5) is 37.9. The second kappa shape index (κ2) is 8.93. The van der Waals surface area contributed by atoms with Crippen molar-refractivity contribution in [3.8, 4) is 0 Å². The van der Waals surface area contributed by atoms with E-state index in [0.29, 0.717) is 23.4 Å². The van der Waals surface area contributed by atoms with Gasteiger partial charge in [0.1, 0.15) is 5.25 Å². The first-order valence-electron chi connectivity index (χ1n) is 9.11. The van der Waals surface area contributed by atoms with Crippen molar-refractivity contribution < 1.29 is 19.5 Å². The fourth-order valence-electron chi connectivity index (χ4n) is 2.99. The summed E-state index contributed by atoms with van der Waals surface area (Å²) in [6.07, 6.45) is 1.48. The number of benzene rings is 2. The molecule has 1 atom stereocenters. The maximum Gasteiger partial charge on any atom is 0.316 e. The fraction of sp³-hybridized carbons (Fsp3) is 0.286. The normalized spacial score (nSPS) is 14.8. The van der Waals surface area contributed by atoms with Crippen LogP contribution in [0.15, 0.2) is 53.4 Å². The lowest BCUT2D eigenvalue weighted by atomic mass is 10.1. The number of hydrogen-bond acceptors (Lipinski definition) is 4. The second-order valence-corrected chi connectivity index (χ2v) is 7.98. The number of hydrogen-bond donors (Lipinski definition) is 2. The average molecular weight is 398 g/mol. The monoisotopic (exact) mass is 398 g/mol. The van der Waals surface area contributed by atoms with Crippen LogP contribution in [-0.4, -0.2) is 34.7 Å². The van der Waals surface area contributed by atoms with Gasteiger partial charge in [0.2, 0.25) is 5.91 Å². The summed E-state index contributed by atoms with van der Waals surface area (Å²) in [7, 11) is 0. The van der Waals surface area contributed by atoms with Gasteiger partial charge >= 0.3 is 5.97 Å². The van der Waals surface area contributed by atoms with Crippen molar-refractivity contribution in [3.05, 3.63) is 59.7 Å². The third kappa shape index (κ3) is 4.72. The minimum Gasteiger partial charge on any atom is -0.480 e. The van der Waals surface area contributed by atoms with Gasteiger partial charge in [-0.3, -0.25) is 14.4 Å². The van der Waals surface area contributed by atoms with E-state index in [-0.39, 0.29) is 11.8 Å². The molecule has 7 heteroatoms. The molecule has 1 unspecified atom stereocenters. The summed E-state index contributed by atoms with van der Waals surface area (Å²) >= 11 is 1.15. The lowest BCUT2D eigenvalue weighted by Crippen LogP contribution is -2.25. The third-order valence-electron chi connectivity index (χ3n) is 4.56. The highest BCUT2D eigenvalue weighted by atomic mass is 32.2. The van der Waals surface area contributed by atoms with Gasteiger partial charge in [-0.05, 0) is 43.2 Å². The maximum atomic E-state index is 12.6. The van der Waals surface area contributed by atoms with Crippen molar-refractivity contribution in [2.75, 3.05) is 11.4 Å². The Morgan fingerprint density at radius 2 is 1.89 bits per heavy atom. The molecule has 2 N–H and O–H groups in total. The largest absolute Gasteiger partial charge is 0.480 e. The number of rotatable bonds is 7. The van der Waals surface area contributed by atoms with Crippen LogP contribution in [-0.2, 0) is 16.1 Å². The summed E-state index contributed by atoms with van der Waals surface area (Å²) < 4.78 is 0. The highest BCUT2D eigenvalue weighted by molar-refractivity contribution is 8.00. The molecule has 1 heterocycles. The number of amides is 2. The highest BCUT2D eigenvalue weighted by Crippen LogP contribution is 2.27. The molecule has 6 nitrogen and oxygen atoms in total. The SMILES string of the molecule is CC(Sc1ccccc1C(=O)NCc1ccc(N2CCCC2=O)cc1)C(=O)O. The van der Waals surface area contributed by atoms with Gasteiger partial charge in [-0.25, -0.2) is 0 Å². The van der Waals surface area contributed by atoms with Gasteiger partial charge in [-0.2, -0.15) is 0 Å². The van der Waals surface area contributed by atoms with Crippen molar-refractivity contribution in [1.82, 2.24) is 5.32 Å². The molecule has 0 saturated carbocycles. The first kappa shape index (κ1) is 19.9. The van der Waals surface area contributed by atoms with Gasteiger partial charge in [0.25, 0.3) is 5.91 Å². The molecule has 1 aliphatic rings. The zero-order valence-corrected chi connectivity index (χ0v) is 16.4. The van der Waals surface area contributed by atoms with Crippen LogP contribution in [0.3, 0.4) is 0 Å². The van der Waals surface area contributed by atoms with Crippen LogP contribution in [0.1, 0.15) is 35.7 Å². The molecule has 146 valence electrons. The Labute approximate surface area is 167 Å². The molecular weight excluding hydrogens is 376 g/mol. The van der Waals surface area contributed by atoms with Crippen LogP contribution < -0.4 is 10.2 Å². The van der Waals surface area contributed by atoms with Crippen LogP contribution in [0.2, 0.25) is 0 Å². The minimum atomic E-state index is -0.920. The molecule has 1 fully saturated rings. The predicted molar refractivity (Wildman–Crippen MR) is 109 cm³/mol. The molecule has 2 amide bonds. The van der Waals surface area contributed by atoms with Gasteiger partial charge < -0.3 is 15.3 Å². The van der Waals surface area contributed by atoms with E-state index in [1.807, 2.05) is 24.3 Å². The van der Waals surface area contributed by atoms with Crippen molar-refractivity contribution >= 4 is 35.2 Å². The molecule has 0 aliphatic carbocycles. The predicted octanol–water partition coefficient (Wildman–Crippen LogP) is 3.31. The van der Waals surface area contributed by atoms with Gasteiger partial charge in [0, 0.05) is 30.1 Å². The third-order valence-corrected chi connectivity index (χ3v) is 5.72. The molecule has 0 radical (unpaired) electrons. The topological polar surface area (TPSA) is 86.7 Å². The zero-order chi connectivity index (χ0) is 20.1. The number of carboxylic acids is 1. The van der Waals surface area contributed by atoms with Crippen molar-refractivity contribution in [3.63, 3.8) is 0 Å². The number of nitrogens with one attached hydrogen (secondary N) is 1. The number of carbonyl (C=O) groups is 3. The summed E-state index contributed by atoms with van der Waals surface area (Å²) in [6, 6.07) is 14.6. The maximum absolute atomic E-state index is 12.6. The molecule has 1 saturated heterocycles. The van der Waals surface area contributed by atoms with Crippen molar-refractivity contribution in [2.24, 2.45) is 0 Å². The van der Waals surface area contributed by atoms with Crippen LogP contribution in [0, 0.1) is 0 Å². The number of carbonyl (C=O) groups excluding carboxylic acids is 2. The molecule has 0 bridgehead atoms. The summed E-state index contributed by atoms with van der Waals surface area (Å²) in [5.74, 6) is -1.03. The van der Waals surface area contributed by atoms with E-state index in [2.05, 4.69) is 5.32 Å². The lowest BCUT2D eigenvalue weighted by molar-refractivity contribution is -0.136. The molecular formula is C21H22N2O4S. The Kier molecular flexibility index (Phi) is 6.36. The van der Waals surface area contributed by atoms with Crippen LogP contribution in [0.5, 0.6) is 0 Å². The molecule has 1 aliphatic heterocycles. The Hall–Kier alpha value is -2.80. The van der Waals surface area contributed by atoms with Crippen molar-refractivity contribution in [1.29, 1.82) is 0 Å². The molecule has 2 aromatic carbocycles. The fourth-order valence-corrected chi connectivity index (χ4v) is 3.92. The quantitative estimate of drug-likeness (QED) is 0.699. The molecule has 28 heavy (non-hydrogen) atoms. The van der Waals surface area contributed by atoms with E-state index in [1.54, 1.807) is 36.1 Å². The number of carboxylic acid groups (broad SMARTS) is 1. The van der Waals surface area contributed by atoms with E-state index in [0.717, 1.165) is 36.0 Å². The summed E-state index contributed by atoms with van der Waals surface area (Å²) in [6.45, 7) is 2.69. The number of thioether (sulfide) groups is 1. The van der Waals surface area contributed by atoms with Gasteiger partial charge in [0.05, 0.1) is 5.56 Å². The van der Waals surface area contributed by atoms with E-state index < -0.39 is 11.2 Å². The van der Waals surface area contributed by atoms with Crippen LogP contribution >= 0.6 is 11.8 Å². The Bertz CT molecular complexity index is 882. The molecule has 3 rings (SSSR count). The smallest absolute Gasteiger partial charge is 0.316 e. The molecule has 2 aromatic rings. The zero-order valence-electron chi connectivity index (χ0n) is 15.6. The van der Waals surface area contributed by atoms with E-state index >= 15 is 0 Å². The van der Waals surface area contributed by atoms with Gasteiger partial charge in [-0.15, -0.1) is 11.8 Å². The summed E-state index contributed by atoms with van der Waals surface area (Å²) in [5, 5.41) is 11.3. The van der Waals surface area contributed by atoms with E-state index in [1.165, 1.54) is 0 Å². The first-order chi connectivity index (χ1) is 13.5. The van der Waals surface area contributed by atoms with Gasteiger partial charge in [-0.1, -0.05) is 24.3 Å². The molecule has 0 spiro atoms. The Morgan fingerprint density at radius 1 is 1.18 bits per heavy atom. The summed E-state index contributed by atoms with van der Waals surface area (Å²) in [5.41, 5.74) is 2.26. The number of anilines is 1. The average Bonchev–Trinajstić information content (AvgIpc) is 3.12. The Morgan fingerprint density at radius 3 is 2.54 bits per heavy atom. The van der Waals surface area contributed by atoms with Gasteiger partial charge in [0.15, 0.2) is 0 Å². The lowest BCUT2D eigenvalue weighted by Gasteiger charge is -2.16. The first-order valence-corrected chi connectivity index (χ1v) is 9.99. The van der Waals surface area contributed by atoms with E-state index in [4.69, 9.17) is 5.11 Å². The van der Waals surface area contributed by atoms with Crippen LogP contribution in [0.4, 0.5) is 5.69 Å². The van der Waals surface area contributed by atoms with E-state index in [9.17, 15) is 14.4 Å². The van der Waals surface area contributed by atoms with Crippen molar-refractivity contribution in [2.45, 2.75) is 36.5 Å². The minimum absolute atomic E-state index is 0.144. The van der Waals surface area contributed by atoms with Crippen LogP contribution in [0.25, 0.3) is 0 Å². The highest BCUT2D eigenvalue weighted by Gasteiger charge is 2.21. The number of aliphatic carboxylic acids is 1. The molecule has 0 aromatic heterocycles. The Balaban J connectivity index is 1.63. The second-order valence-electron chi connectivity index (χ2n) is 6.59.